The first-order chi connectivity index (χ1) is 8.15. The van der Waals surface area contributed by atoms with E-state index in [-0.39, 0.29) is 18.6 Å². The van der Waals surface area contributed by atoms with Crippen molar-refractivity contribution in [3.63, 3.8) is 0 Å². The van der Waals surface area contributed by atoms with E-state index in [1.807, 2.05) is 24.3 Å². The highest BCUT2D eigenvalue weighted by Crippen LogP contribution is 2.14. The van der Waals surface area contributed by atoms with Crippen LogP contribution in [-0.4, -0.2) is 18.6 Å². The first kappa shape index (κ1) is 14.3. The van der Waals surface area contributed by atoms with E-state index in [1.54, 1.807) is 0 Å². The van der Waals surface area contributed by atoms with Crippen LogP contribution in [0, 0.1) is 3.57 Å². The number of amides is 1. The largest absolute Gasteiger partial charge is 0.484 e. The average Bonchev–Trinajstić information content (AvgIpc) is 2.33. The molecule has 1 aromatic rings. The SMILES string of the molecule is CCC(CC)NC(=O)COc1cccc(I)c1. The summed E-state index contributed by atoms with van der Waals surface area (Å²) in [4.78, 5) is 11.6. The van der Waals surface area contributed by atoms with E-state index in [4.69, 9.17) is 4.74 Å². The fourth-order valence-electron chi connectivity index (χ4n) is 1.47. The summed E-state index contributed by atoms with van der Waals surface area (Å²) in [6, 6.07) is 7.91. The van der Waals surface area contributed by atoms with E-state index in [0.717, 1.165) is 22.2 Å². The van der Waals surface area contributed by atoms with Gasteiger partial charge in [0.15, 0.2) is 6.61 Å². The summed E-state index contributed by atoms with van der Waals surface area (Å²) in [5, 5.41) is 2.94. The number of ether oxygens (including phenoxy) is 1. The van der Waals surface area contributed by atoms with Crippen LogP contribution in [-0.2, 0) is 4.79 Å². The molecule has 0 unspecified atom stereocenters. The molecule has 3 nitrogen and oxygen atoms in total. The highest BCUT2D eigenvalue weighted by molar-refractivity contribution is 14.1. The Kier molecular flexibility index (Phi) is 6.32. The second kappa shape index (κ2) is 7.53. The van der Waals surface area contributed by atoms with Gasteiger partial charge in [0.25, 0.3) is 5.91 Å². The van der Waals surface area contributed by atoms with Crippen LogP contribution < -0.4 is 10.1 Å². The number of rotatable bonds is 6. The normalized spacial score (nSPS) is 10.4. The molecule has 1 rings (SSSR count). The molecule has 0 aliphatic carbocycles. The third-order valence-corrected chi connectivity index (χ3v) is 3.19. The molecule has 94 valence electrons. The number of hydrogen-bond donors (Lipinski definition) is 1. The molecule has 0 spiro atoms. The minimum Gasteiger partial charge on any atom is -0.484 e. The Bertz CT molecular complexity index is 364. The zero-order chi connectivity index (χ0) is 12.7. The minimum absolute atomic E-state index is 0.0578. The Labute approximate surface area is 116 Å². The fraction of sp³-hybridized carbons (Fsp3) is 0.462. The quantitative estimate of drug-likeness (QED) is 0.804. The maximum Gasteiger partial charge on any atom is 0.258 e. The van der Waals surface area contributed by atoms with Crippen LogP contribution in [0.2, 0.25) is 0 Å². The molecule has 0 saturated heterocycles. The van der Waals surface area contributed by atoms with E-state index in [1.165, 1.54) is 0 Å². The van der Waals surface area contributed by atoms with Gasteiger partial charge >= 0.3 is 0 Å². The first-order valence-corrected chi connectivity index (χ1v) is 6.91. The Balaban J connectivity index is 2.38. The van der Waals surface area contributed by atoms with Gasteiger partial charge in [0.05, 0.1) is 0 Å². The number of carbonyl (C=O) groups excluding carboxylic acids is 1. The van der Waals surface area contributed by atoms with E-state index < -0.39 is 0 Å². The molecule has 0 aliphatic rings. The Morgan fingerprint density at radius 3 is 2.71 bits per heavy atom. The molecule has 1 amide bonds. The molecule has 0 bridgehead atoms. The monoisotopic (exact) mass is 347 g/mol. The second-order valence-corrected chi connectivity index (χ2v) is 5.07. The molecule has 0 saturated carbocycles. The molecule has 0 fully saturated rings. The van der Waals surface area contributed by atoms with Gasteiger partial charge in [-0.25, -0.2) is 0 Å². The number of halogens is 1. The molecule has 0 radical (unpaired) electrons. The van der Waals surface area contributed by atoms with Gasteiger partial charge < -0.3 is 10.1 Å². The van der Waals surface area contributed by atoms with Crippen molar-refractivity contribution in [3.8, 4) is 5.75 Å². The molecule has 4 heteroatoms. The third-order valence-electron chi connectivity index (χ3n) is 2.52. The van der Waals surface area contributed by atoms with E-state index in [9.17, 15) is 4.79 Å². The molecule has 17 heavy (non-hydrogen) atoms. The van der Waals surface area contributed by atoms with Crippen molar-refractivity contribution in [2.24, 2.45) is 0 Å². The lowest BCUT2D eigenvalue weighted by Crippen LogP contribution is -2.37. The van der Waals surface area contributed by atoms with Gasteiger partial charge in [-0.1, -0.05) is 19.9 Å². The molecular weight excluding hydrogens is 329 g/mol. The van der Waals surface area contributed by atoms with Gasteiger partial charge in [0.2, 0.25) is 0 Å². The second-order valence-electron chi connectivity index (χ2n) is 3.83. The fourth-order valence-corrected chi connectivity index (χ4v) is 1.98. The van der Waals surface area contributed by atoms with Crippen LogP contribution in [0.25, 0.3) is 0 Å². The van der Waals surface area contributed by atoms with Crippen molar-refractivity contribution in [3.05, 3.63) is 27.8 Å². The zero-order valence-corrected chi connectivity index (χ0v) is 12.4. The first-order valence-electron chi connectivity index (χ1n) is 5.83. The summed E-state index contributed by atoms with van der Waals surface area (Å²) >= 11 is 2.21. The number of nitrogens with one attached hydrogen (secondary N) is 1. The molecule has 0 aromatic heterocycles. The summed E-state index contributed by atoms with van der Waals surface area (Å²) in [6.45, 7) is 4.21. The highest BCUT2D eigenvalue weighted by Gasteiger charge is 2.08. The summed E-state index contributed by atoms with van der Waals surface area (Å²) < 4.78 is 6.52. The van der Waals surface area contributed by atoms with Crippen molar-refractivity contribution in [2.45, 2.75) is 32.7 Å². The molecule has 0 atom stereocenters. The van der Waals surface area contributed by atoms with Crippen LogP contribution in [0.3, 0.4) is 0 Å². The topological polar surface area (TPSA) is 38.3 Å². The molecule has 1 N–H and O–H groups in total. The van der Waals surface area contributed by atoms with Gasteiger partial charge in [-0.3, -0.25) is 4.79 Å². The average molecular weight is 347 g/mol. The Morgan fingerprint density at radius 2 is 2.12 bits per heavy atom. The molecule has 0 heterocycles. The molecule has 0 aliphatic heterocycles. The summed E-state index contributed by atoms with van der Waals surface area (Å²) in [7, 11) is 0. The Hall–Kier alpha value is -0.780. The van der Waals surface area contributed by atoms with Gasteiger partial charge in [-0.15, -0.1) is 0 Å². The lowest BCUT2D eigenvalue weighted by molar-refractivity contribution is -0.123. The van der Waals surface area contributed by atoms with Crippen LogP contribution in [0.5, 0.6) is 5.75 Å². The lowest BCUT2D eigenvalue weighted by Gasteiger charge is -2.14. The van der Waals surface area contributed by atoms with Crippen LogP contribution in [0.1, 0.15) is 26.7 Å². The predicted octanol–water partition coefficient (Wildman–Crippen LogP) is 2.97. The lowest BCUT2D eigenvalue weighted by atomic mass is 10.2. The smallest absolute Gasteiger partial charge is 0.258 e. The number of benzene rings is 1. The van der Waals surface area contributed by atoms with E-state index in [0.29, 0.717) is 0 Å². The standard InChI is InChI=1S/C13H18INO2/c1-3-11(4-2)15-13(16)9-17-12-7-5-6-10(14)8-12/h5-8,11H,3-4,9H2,1-2H3,(H,15,16). The number of hydrogen-bond acceptors (Lipinski definition) is 2. The summed E-state index contributed by atoms with van der Waals surface area (Å²) in [5.41, 5.74) is 0. The van der Waals surface area contributed by atoms with Crippen molar-refractivity contribution < 1.29 is 9.53 Å². The van der Waals surface area contributed by atoms with Crippen LogP contribution >= 0.6 is 22.6 Å². The van der Waals surface area contributed by atoms with Crippen molar-refractivity contribution in [1.29, 1.82) is 0 Å². The van der Waals surface area contributed by atoms with Gasteiger partial charge in [-0.2, -0.15) is 0 Å². The van der Waals surface area contributed by atoms with Gasteiger partial charge in [0.1, 0.15) is 5.75 Å². The maximum atomic E-state index is 11.6. The minimum atomic E-state index is -0.0578. The van der Waals surface area contributed by atoms with E-state index >= 15 is 0 Å². The number of carbonyl (C=O) groups is 1. The zero-order valence-electron chi connectivity index (χ0n) is 10.2. The summed E-state index contributed by atoms with van der Waals surface area (Å²) in [5.74, 6) is 0.675. The van der Waals surface area contributed by atoms with Gasteiger partial charge in [0, 0.05) is 9.61 Å². The van der Waals surface area contributed by atoms with Crippen molar-refractivity contribution in [2.75, 3.05) is 6.61 Å². The maximum absolute atomic E-state index is 11.6. The molecule has 1 aromatic carbocycles. The van der Waals surface area contributed by atoms with Crippen LogP contribution in [0.4, 0.5) is 0 Å². The Morgan fingerprint density at radius 1 is 1.41 bits per heavy atom. The molecular formula is C13H18INO2. The highest BCUT2D eigenvalue weighted by atomic mass is 127. The predicted molar refractivity (Wildman–Crippen MR) is 77.2 cm³/mol. The van der Waals surface area contributed by atoms with Crippen molar-refractivity contribution >= 4 is 28.5 Å². The van der Waals surface area contributed by atoms with Crippen LogP contribution in [0.15, 0.2) is 24.3 Å². The van der Waals surface area contributed by atoms with E-state index in [2.05, 4.69) is 41.8 Å². The summed E-state index contributed by atoms with van der Waals surface area (Å²) in [6.07, 6.45) is 1.90. The van der Waals surface area contributed by atoms with Crippen molar-refractivity contribution in [1.82, 2.24) is 5.32 Å². The third kappa shape index (κ3) is 5.39. The van der Waals surface area contributed by atoms with Gasteiger partial charge in [-0.05, 0) is 53.6 Å².